The van der Waals surface area contributed by atoms with Gasteiger partial charge in [-0.25, -0.2) is 26.6 Å². The van der Waals surface area contributed by atoms with E-state index in [1.807, 2.05) is 0 Å². The second-order valence-corrected chi connectivity index (χ2v) is 11.0. The number of sulfonamides is 1. The second kappa shape index (κ2) is 9.33. The van der Waals surface area contributed by atoms with Crippen molar-refractivity contribution in [3.05, 3.63) is 64.6 Å². The molecule has 1 aromatic heterocycles. The van der Waals surface area contributed by atoms with Crippen molar-refractivity contribution in [2.75, 3.05) is 29.0 Å². The Morgan fingerprint density at radius 1 is 1.13 bits per heavy atom. The maximum Gasteiger partial charge on any atom is 0.433 e. The number of aryl methyl sites for hydroxylation is 1. The number of anilines is 2. The Kier molecular flexibility index (Phi) is 6.75. The molecule has 1 amide bonds. The van der Waals surface area contributed by atoms with Gasteiger partial charge in [0.25, 0.3) is 11.8 Å². The van der Waals surface area contributed by atoms with Crippen molar-refractivity contribution in [1.29, 1.82) is 0 Å². The summed E-state index contributed by atoms with van der Waals surface area (Å²) in [6.07, 6.45) is -3.89. The van der Waals surface area contributed by atoms with Crippen LogP contribution < -0.4 is 14.9 Å². The fraction of sp³-hybridized carbons (Fsp3) is 0.333. The number of hydrogen-bond donors (Lipinski definition) is 2. The van der Waals surface area contributed by atoms with Crippen molar-refractivity contribution in [3.63, 3.8) is 0 Å². The molecule has 14 heteroatoms. The van der Waals surface area contributed by atoms with Crippen LogP contribution in [0.15, 0.2) is 36.4 Å². The molecule has 0 radical (unpaired) electrons. The zero-order chi connectivity index (χ0) is 28.2. The Morgan fingerprint density at radius 3 is 2.37 bits per heavy atom. The number of alkyl halides is 5. The molecule has 1 saturated heterocycles. The third-order valence-electron chi connectivity index (χ3n) is 5.98. The van der Waals surface area contributed by atoms with Crippen molar-refractivity contribution in [1.82, 2.24) is 10.3 Å². The van der Waals surface area contributed by atoms with Crippen molar-refractivity contribution in [3.8, 4) is 0 Å². The highest BCUT2D eigenvalue weighted by Gasteiger charge is 2.45. The summed E-state index contributed by atoms with van der Waals surface area (Å²) in [7, 11) is -3.65. The molecule has 2 heterocycles. The molecule has 0 unspecified atom stereocenters. The molecule has 2 N–H and O–H groups in total. The number of nitrogens with one attached hydrogen (secondary N) is 2. The SMILES string of the molecule is Cc1cc([C@@H](C)NC(=O)c2ccc3nc(C(F)(F)F)cc(N4CC(F)(F)C4)c3c2)c(F)cc1NS(C)(=O)=O. The lowest BCUT2D eigenvalue weighted by Gasteiger charge is -2.41. The number of aromatic nitrogens is 1. The van der Waals surface area contributed by atoms with Crippen LogP contribution in [-0.2, 0) is 16.2 Å². The maximum atomic E-state index is 14.7. The lowest BCUT2D eigenvalue weighted by atomic mass is 10.0. The highest BCUT2D eigenvalue weighted by Crippen LogP contribution is 2.39. The first-order valence-corrected chi connectivity index (χ1v) is 13.1. The minimum absolute atomic E-state index is 0.00747. The highest BCUT2D eigenvalue weighted by molar-refractivity contribution is 7.92. The van der Waals surface area contributed by atoms with Gasteiger partial charge >= 0.3 is 6.18 Å². The summed E-state index contributed by atoms with van der Waals surface area (Å²) < 4.78 is 107. The molecular weight excluding hydrogens is 538 g/mol. The van der Waals surface area contributed by atoms with Crippen LogP contribution in [0.3, 0.4) is 0 Å². The minimum atomic E-state index is -4.81. The van der Waals surface area contributed by atoms with E-state index in [4.69, 9.17) is 0 Å². The first-order chi connectivity index (χ1) is 17.4. The van der Waals surface area contributed by atoms with E-state index in [2.05, 4.69) is 15.0 Å². The predicted octanol–water partition coefficient (Wildman–Crippen LogP) is 5.02. The van der Waals surface area contributed by atoms with Crippen LogP contribution in [0.5, 0.6) is 0 Å². The van der Waals surface area contributed by atoms with E-state index in [0.29, 0.717) is 11.6 Å². The standard InChI is InChI=1S/C24H22F6N4O3S/c1-12-6-15(17(25)8-19(12)33-38(3,36)37)13(2)31-22(35)14-4-5-18-16(7-14)20(34-10-23(26,27)11-34)9-21(32-18)24(28,29)30/h4-9,13,33H,10-11H2,1-3H3,(H,31,35)/t13-/m1/s1. The number of carbonyl (C=O) groups excluding carboxylic acids is 1. The Hall–Kier alpha value is -3.55. The summed E-state index contributed by atoms with van der Waals surface area (Å²) in [5.74, 6) is -4.53. The number of carbonyl (C=O) groups is 1. The van der Waals surface area contributed by atoms with Gasteiger partial charge in [0.1, 0.15) is 11.5 Å². The Morgan fingerprint density at radius 2 is 1.79 bits per heavy atom. The number of hydrogen-bond acceptors (Lipinski definition) is 5. The molecule has 0 spiro atoms. The molecule has 0 aliphatic carbocycles. The smallest absolute Gasteiger partial charge is 0.359 e. The Labute approximate surface area is 213 Å². The van der Waals surface area contributed by atoms with Gasteiger partial charge in [-0.15, -0.1) is 0 Å². The average molecular weight is 561 g/mol. The molecule has 0 saturated carbocycles. The third-order valence-corrected chi connectivity index (χ3v) is 6.57. The topological polar surface area (TPSA) is 91.4 Å². The zero-order valence-corrected chi connectivity index (χ0v) is 21.1. The fourth-order valence-electron chi connectivity index (χ4n) is 4.14. The van der Waals surface area contributed by atoms with Crippen LogP contribution in [0.4, 0.5) is 37.7 Å². The number of pyridine rings is 1. The van der Waals surface area contributed by atoms with Crippen LogP contribution in [0.1, 0.15) is 40.1 Å². The third kappa shape index (κ3) is 5.79. The summed E-state index contributed by atoms with van der Waals surface area (Å²) in [6, 6.07) is 5.81. The largest absolute Gasteiger partial charge is 0.433 e. The number of benzene rings is 2. The van der Waals surface area contributed by atoms with Crippen molar-refractivity contribution < 1.29 is 39.6 Å². The van der Waals surface area contributed by atoms with Crippen LogP contribution in [0.2, 0.25) is 0 Å². The van der Waals surface area contributed by atoms with Gasteiger partial charge in [-0.05, 0) is 55.8 Å². The van der Waals surface area contributed by atoms with Crippen LogP contribution >= 0.6 is 0 Å². The normalized spacial score (nSPS) is 16.2. The average Bonchev–Trinajstić information content (AvgIpc) is 2.76. The van der Waals surface area contributed by atoms with Gasteiger partial charge in [-0.1, -0.05) is 0 Å². The van der Waals surface area contributed by atoms with Crippen molar-refractivity contribution >= 4 is 38.2 Å². The molecular formula is C24H22F6N4O3S. The number of halogens is 6. The van der Waals surface area contributed by atoms with Crippen molar-refractivity contribution in [2.24, 2.45) is 0 Å². The van der Waals surface area contributed by atoms with Gasteiger partial charge in [0.2, 0.25) is 10.0 Å². The minimum Gasteiger partial charge on any atom is -0.359 e. The summed E-state index contributed by atoms with van der Waals surface area (Å²) in [6.45, 7) is 1.49. The number of amides is 1. The van der Waals surface area contributed by atoms with E-state index >= 15 is 0 Å². The molecule has 2 aromatic carbocycles. The van der Waals surface area contributed by atoms with Gasteiger partial charge < -0.3 is 10.2 Å². The van der Waals surface area contributed by atoms with Crippen LogP contribution in [0, 0.1) is 12.7 Å². The van der Waals surface area contributed by atoms with E-state index in [0.717, 1.165) is 17.2 Å². The molecule has 1 atom stereocenters. The number of fused-ring (bicyclic) bond motifs is 1. The van der Waals surface area contributed by atoms with E-state index < -0.39 is 58.7 Å². The molecule has 1 fully saturated rings. The van der Waals surface area contributed by atoms with E-state index in [1.54, 1.807) is 6.92 Å². The first kappa shape index (κ1) is 27.5. The van der Waals surface area contributed by atoms with E-state index in [9.17, 15) is 39.6 Å². The summed E-state index contributed by atoms with van der Waals surface area (Å²) in [5, 5.41) is 2.66. The monoisotopic (exact) mass is 560 g/mol. The molecule has 0 bridgehead atoms. The maximum absolute atomic E-state index is 14.7. The molecule has 204 valence electrons. The van der Waals surface area contributed by atoms with Gasteiger partial charge in [-0.3, -0.25) is 9.52 Å². The van der Waals surface area contributed by atoms with Gasteiger partial charge in [-0.2, -0.15) is 13.2 Å². The molecule has 1 aliphatic rings. The predicted molar refractivity (Wildman–Crippen MR) is 129 cm³/mol. The lowest BCUT2D eigenvalue weighted by Crippen LogP contribution is -2.56. The fourth-order valence-corrected chi connectivity index (χ4v) is 4.76. The summed E-state index contributed by atoms with van der Waals surface area (Å²) >= 11 is 0. The van der Waals surface area contributed by atoms with Crippen molar-refractivity contribution in [2.45, 2.75) is 32.0 Å². The molecule has 3 aromatic rings. The number of nitrogens with zero attached hydrogens (tertiary/aromatic N) is 2. The van der Waals surface area contributed by atoms with Crippen LogP contribution in [0.25, 0.3) is 10.9 Å². The highest BCUT2D eigenvalue weighted by atomic mass is 32.2. The summed E-state index contributed by atoms with van der Waals surface area (Å²) in [5.41, 5.74) is -1.02. The second-order valence-electron chi connectivity index (χ2n) is 9.23. The Balaban J connectivity index is 1.64. The van der Waals surface area contributed by atoms with E-state index in [1.165, 1.54) is 31.2 Å². The first-order valence-electron chi connectivity index (χ1n) is 11.2. The Bertz CT molecular complexity index is 1530. The van der Waals surface area contributed by atoms with Gasteiger partial charge in [0.05, 0.1) is 36.6 Å². The molecule has 38 heavy (non-hydrogen) atoms. The zero-order valence-electron chi connectivity index (χ0n) is 20.3. The lowest BCUT2D eigenvalue weighted by molar-refractivity contribution is -0.140. The molecule has 7 nitrogen and oxygen atoms in total. The summed E-state index contributed by atoms with van der Waals surface area (Å²) in [4.78, 5) is 17.6. The van der Waals surface area contributed by atoms with Gasteiger partial charge in [0.15, 0.2) is 0 Å². The van der Waals surface area contributed by atoms with Gasteiger partial charge in [0, 0.05) is 22.2 Å². The molecule has 1 aliphatic heterocycles. The number of rotatable bonds is 6. The molecule has 4 rings (SSSR count). The van der Waals surface area contributed by atoms with Crippen LogP contribution in [-0.4, -0.2) is 44.6 Å². The van der Waals surface area contributed by atoms with E-state index in [-0.39, 0.29) is 33.4 Å². The quantitative estimate of drug-likeness (QED) is 0.414.